The number of hydrogen-bond donors (Lipinski definition) is 0. The Morgan fingerprint density at radius 2 is 0.592 bits per heavy atom. The molecule has 0 amide bonds. The van der Waals surface area contributed by atoms with Crippen molar-refractivity contribution in [2.24, 2.45) is 0 Å². The second-order valence-electron chi connectivity index (χ2n) is 11.9. The molecule has 3 heterocycles. The molecule has 0 spiro atoms. The average molecular weight is 629 g/mol. The summed E-state index contributed by atoms with van der Waals surface area (Å²) in [6.45, 7) is 0. The first-order valence-corrected chi connectivity index (χ1v) is 16.2. The average Bonchev–Trinajstić information content (AvgIpc) is 3.56. The Labute approximate surface area is 283 Å². The van der Waals surface area contributed by atoms with Crippen LogP contribution in [0.3, 0.4) is 0 Å². The summed E-state index contributed by atoms with van der Waals surface area (Å²) in [7, 11) is 0. The van der Waals surface area contributed by atoms with Crippen LogP contribution in [0.2, 0.25) is 0 Å². The van der Waals surface area contributed by atoms with E-state index >= 15 is 0 Å². The molecular weight excluding hydrogens is 601 g/mol. The number of benzene rings is 6. The Kier molecular flexibility index (Phi) is 7.06. The fourth-order valence-electron chi connectivity index (χ4n) is 6.24. The zero-order valence-electron chi connectivity index (χ0n) is 26.4. The molecule has 49 heavy (non-hydrogen) atoms. The summed E-state index contributed by atoms with van der Waals surface area (Å²) in [6.07, 6.45) is 0. The van der Waals surface area contributed by atoms with Gasteiger partial charge in [-0.15, -0.1) is 0 Å². The van der Waals surface area contributed by atoms with Crippen molar-refractivity contribution in [2.45, 2.75) is 0 Å². The van der Waals surface area contributed by atoms with Crippen molar-refractivity contribution in [3.63, 3.8) is 0 Å². The Hall–Kier alpha value is -6.72. The fraction of sp³-hybridized carbons (Fsp3) is 0. The summed E-state index contributed by atoms with van der Waals surface area (Å²) < 4.78 is 6.32. The number of hydrogen-bond acceptors (Lipinski definition) is 5. The van der Waals surface area contributed by atoms with Gasteiger partial charge in [-0.2, -0.15) is 0 Å². The Morgan fingerprint density at radius 1 is 0.286 bits per heavy atom. The van der Waals surface area contributed by atoms with Gasteiger partial charge in [0.25, 0.3) is 0 Å². The molecule has 9 aromatic rings. The summed E-state index contributed by atoms with van der Waals surface area (Å²) >= 11 is 0. The number of aromatic nitrogens is 4. The quantitative estimate of drug-likeness (QED) is 0.183. The van der Waals surface area contributed by atoms with E-state index in [0.717, 1.165) is 78.1 Å². The maximum absolute atomic E-state index is 6.32. The van der Waals surface area contributed by atoms with E-state index in [2.05, 4.69) is 72.8 Å². The minimum Gasteiger partial charge on any atom is -0.456 e. The normalized spacial score (nSPS) is 11.3. The first-order valence-electron chi connectivity index (χ1n) is 16.2. The molecule has 0 N–H and O–H groups in total. The molecule has 0 unspecified atom stereocenters. The lowest BCUT2D eigenvalue weighted by atomic mass is 10.0. The van der Waals surface area contributed by atoms with Crippen LogP contribution in [0.5, 0.6) is 0 Å². The van der Waals surface area contributed by atoms with E-state index in [1.165, 1.54) is 0 Å². The summed E-state index contributed by atoms with van der Waals surface area (Å²) in [5.74, 6) is 1.30. The van der Waals surface area contributed by atoms with E-state index in [9.17, 15) is 0 Å². The van der Waals surface area contributed by atoms with Crippen molar-refractivity contribution in [3.8, 4) is 67.8 Å². The van der Waals surface area contributed by atoms with Gasteiger partial charge >= 0.3 is 0 Å². The molecule has 6 aromatic carbocycles. The molecule has 0 atom stereocenters. The van der Waals surface area contributed by atoms with Gasteiger partial charge in [0.1, 0.15) is 11.2 Å². The van der Waals surface area contributed by atoms with Crippen LogP contribution in [-0.2, 0) is 0 Å². The predicted octanol–water partition coefficient (Wildman–Crippen LogP) is 11.2. The molecular formula is C44H28N4O. The molecule has 5 heteroatoms. The monoisotopic (exact) mass is 628 g/mol. The van der Waals surface area contributed by atoms with Crippen LogP contribution in [0.1, 0.15) is 0 Å². The van der Waals surface area contributed by atoms with Gasteiger partial charge in [0.2, 0.25) is 0 Å². The third kappa shape index (κ3) is 5.53. The van der Waals surface area contributed by atoms with Crippen molar-refractivity contribution < 1.29 is 4.42 Å². The number of furan rings is 1. The summed E-state index contributed by atoms with van der Waals surface area (Å²) in [4.78, 5) is 20.2. The Bertz CT molecular complexity index is 2290. The number of rotatable bonds is 6. The molecule has 3 aromatic heterocycles. The van der Waals surface area contributed by atoms with E-state index in [1.54, 1.807) is 0 Å². The van der Waals surface area contributed by atoms with Crippen molar-refractivity contribution in [2.75, 3.05) is 0 Å². The first-order chi connectivity index (χ1) is 24.2. The smallest absolute Gasteiger partial charge is 0.160 e. The van der Waals surface area contributed by atoms with Crippen LogP contribution in [0.25, 0.3) is 89.7 Å². The third-order valence-corrected chi connectivity index (χ3v) is 8.72. The molecule has 0 bridgehead atoms. The summed E-state index contributed by atoms with van der Waals surface area (Å²) in [5, 5.41) is 1.96. The molecule has 9 rings (SSSR count). The van der Waals surface area contributed by atoms with Gasteiger partial charge in [0.15, 0.2) is 11.6 Å². The lowest BCUT2D eigenvalue weighted by molar-refractivity contribution is 0.669. The van der Waals surface area contributed by atoms with Gasteiger partial charge in [0, 0.05) is 44.2 Å². The molecule has 5 nitrogen and oxygen atoms in total. The highest BCUT2D eigenvalue weighted by Gasteiger charge is 2.16. The lowest BCUT2D eigenvalue weighted by Crippen LogP contribution is -1.96. The van der Waals surface area contributed by atoms with Crippen LogP contribution in [0.4, 0.5) is 0 Å². The van der Waals surface area contributed by atoms with Crippen molar-refractivity contribution >= 4 is 21.9 Å². The molecule has 230 valence electrons. The van der Waals surface area contributed by atoms with Crippen LogP contribution >= 0.6 is 0 Å². The van der Waals surface area contributed by atoms with Crippen LogP contribution in [0, 0.1) is 0 Å². The maximum Gasteiger partial charge on any atom is 0.160 e. The highest BCUT2D eigenvalue weighted by atomic mass is 16.3. The van der Waals surface area contributed by atoms with Gasteiger partial charge in [-0.1, -0.05) is 121 Å². The highest BCUT2D eigenvalue weighted by molar-refractivity contribution is 6.07. The van der Waals surface area contributed by atoms with Crippen LogP contribution in [-0.4, -0.2) is 19.9 Å². The van der Waals surface area contributed by atoms with Crippen molar-refractivity contribution in [1.29, 1.82) is 0 Å². The number of fused-ring (bicyclic) bond motifs is 3. The second kappa shape index (κ2) is 12.1. The molecule has 0 fully saturated rings. The second-order valence-corrected chi connectivity index (χ2v) is 11.9. The summed E-state index contributed by atoms with van der Waals surface area (Å²) in [6, 6.07) is 57.3. The van der Waals surface area contributed by atoms with E-state index in [0.29, 0.717) is 11.6 Å². The minimum absolute atomic E-state index is 0.652. The predicted molar refractivity (Wildman–Crippen MR) is 198 cm³/mol. The van der Waals surface area contributed by atoms with Gasteiger partial charge in [-0.25, -0.2) is 19.9 Å². The first kappa shape index (κ1) is 28.5. The van der Waals surface area contributed by atoms with Crippen molar-refractivity contribution in [1.82, 2.24) is 19.9 Å². The topological polar surface area (TPSA) is 64.7 Å². The third-order valence-electron chi connectivity index (χ3n) is 8.72. The summed E-state index contributed by atoms with van der Waals surface area (Å²) in [5.41, 5.74) is 11.0. The van der Waals surface area contributed by atoms with Crippen LogP contribution in [0.15, 0.2) is 174 Å². The molecule has 0 aliphatic carbocycles. The SMILES string of the molecule is c1ccc(-c2cc(-c3ccccc3)nc(-c3ccc4oc5ccc(-c6nc(-c7ccccc7)cc(-c7ccccc7)n6)cc5c4c3)n2)cc1. The fourth-order valence-corrected chi connectivity index (χ4v) is 6.24. The molecule has 0 aliphatic heterocycles. The molecule has 0 saturated carbocycles. The minimum atomic E-state index is 0.652. The lowest BCUT2D eigenvalue weighted by Gasteiger charge is -2.10. The van der Waals surface area contributed by atoms with Crippen LogP contribution < -0.4 is 0 Å². The van der Waals surface area contributed by atoms with Crippen molar-refractivity contribution in [3.05, 3.63) is 170 Å². The Morgan fingerprint density at radius 3 is 0.898 bits per heavy atom. The zero-order valence-corrected chi connectivity index (χ0v) is 26.4. The largest absolute Gasteiger partial charge is 0.456 e. The van der Waals surface area contributed by atoms with E-state index in [-0.39, 0.29) is 0 Å². The van der Waals surface area contributed by atoms with Gasteiger partial charge in [-0.3, -0.25) is 0 Å². The standard InChI is InChI=1S/C44H28N4O/c1-5-13-29(14-6-1)37-27-38(30-15-7-2-8-16-30)46-43(45-37)33-21-23-41-35(25-33)36-26-34(22-24-42(36)49-41)44-47-39(31-17-9-3-10-18-31)28-40(48-44)32-19-11-4-12-20-32/h1-28H. The van der Waals surface area contributed by atoms with E-state index in [4.69, 9.17) is 24.4 Å². The van der Waals surface area contributed by atoms with Gasteiger partial charge < -0.3 is 4.42 Å². The van der Waals surface area contributed by atoms with Gasteiger partial charge in [-0.05, 0) is 48.5 Å². The van der Waals surface area contributed by atoms with E-state index < -0.39 is 0 Å². The molecule has 0 radical (unpaired) electrons. The highest BCUT2D eigenvalue weighted by Crippen LogP contribution is 2.36. The molecule has 0 saturated heterocycles. The number of nitrogens with zero attached hydrogens (tertiary/aromatic N) is 4. The maximum atomic E-state index is 6.32. The zero-order chi connectivity index (χ0) is 32.6. The Balaban J connectivity index is 1.19. The van der Waals surface area contributed by atoms with E-state index in [1.807, 2.05) is 97.1 Å². The molecule has 0 aliphatic rings. The van der Waals surface area contributed by atoms with Gasteiger partial charge in [0.05, 0.1) is 22.8 Å².